The SMILES string of the molecule is NS(=O)(=O)Cc1ccc(NC(=O)CCC(=O)c2ccc(Cl)s2)cc1. The van der Waals surface area contributed by atoms with Gasteiger partial charge in [0.1, 0.15) is 0 Å². The number of carbonyl (C=O) groups is 2. The Balaban J connectivity index is 1.85. The fourth-order valence-corrected chi connectivity index (χ4v) is 3.62. The number of rotatable bonds is 7. The van der Waals surface area contributed by atoms with Gasteiger partial charge in [-0.25, -0.2) is 13.6 Å². The molecule has 128 valence electrons. The van der Waals surface area contributed by atoms with Crippen LogP contribution < -0.4 is 10.5 Å². The molecule has 9 heteroatoms. The summed E-state index contributed by atoms with van der Waals surface area (Å²) in [6.07, 6.45) is 0.138. The van der Waals surface area contributed by atoms with Crippen molar-refractivity contribution in [3.05, 3.63) is 51.2 Å². The lowest BCUT2D eigenvalue weighted by Gasteiger charge is -2.06. The zero-order valence-electron chi connectivity index (χ0n) is 12.5. The van der Waals surface area contributed by atoms with E-state index < -0.39 is 10.0 Å². The van der Waals surface area contributed by atoms with Crippen LogP contribution in [0.1, 0.15) is 28.1 Å². The zero-order chi connectivity index (χ0) is 17.7. The number of hydrogen-bond donors (Lipinski definition) is 2. The molecule has 0 spiro atoms. The topological polar surface area (TPSA) is 106 Å². The summed E-state index contributed by atoms with van der Waals surface area (Å²) in [4.78, 5) is 24.3. The maximum atomic E-state index is 11.9. The lowest BCUT2D eigenvalue weighted by molar-refractivity contribution is -0.116. The van der Waals surface area contributed by atoms with Crippen molar-refractivity contribution < 1.29 is 18.0 Å². The molecule has 0 aliphatic heterocycles. The van der Waals surface area contributed by atoms with Gasteiger partial charge in [-0.3, -0.25) is 9.59 Å². The normalized spacial score (nSPS) is 11.2. The summed E-state index contributed by atoms with van der Waals surface area (Å²) in [6, 6.07) is 9.58. The van der Waals surface area contributed by atoms with Crippen LogP contribution in [0.3, 0.4) is 0 Å². The predicted octanol–water partition coefficient (Wildman–Crippen LogP) is 2.79. The summed E-state index contributed by atoms with van der Waals surface area (Å²) in [5.41, 5.74) is 1.05. The highest BCUT2D eigenvalue weighted by Crippen LogP contribution is 2.23. The highest BCUT2D eigenvalue weighted by atomic mass is 35.5. The van der Waals surface area contributed by atoms with Gasteiger partial charge in [0.25, 0.3) is 0 Å². The molecule has 1 heterocycles. The first kappa shape index (κ1) is 18.6. The molecule has 0 unspecified atom stereocenters. The molecule has 6 nitrogen and oxygen atoms in total. The predicted molar refractivity (Wildman–Crippen MR) is 94.8 cm³/mol. The Morgan fingerprint density at radius 3 is 2.29 bits per heavy atom. The molecule has 1 aromatic heterocycles. The maximum absolute atomic E-state index is 11.9. The summed E-state index contributed by atoms with van der Waals surface area (Å²) in [7, 11) is -3.59. The lowest BCUT2D eigenvalue weighted by atomic mass is 10.2. The highest BCUT2D eigenvalue weighted by Gasteiger charge is 2.12. The number of nitrogens with two attached hydrogens (primary N) is 1. The van der Waals surface area contributed by atoms with Gasteiger partial charge in [-0.2, -0.15) is 0 Å². The molecule has 0 saturated carbocycles. The van der Waals surface area contributed by atoms with E-state index in [1.807, 2.05) is 0 Å². The van der Waals surface area contributed by atoms with Gasteiger partial charge in [0, 0.05) is 18.5 Å². The number of anilines is 1. The van der Waals surface area contributed by atoms with Gasteiger partial charge in [0.05, 0.1) is 15.0 Å². The Kier molecular flexibility index (Phi) is 6.11. The Morgan fingerprint density at radius 2 is 1.75 bits per heavy atom. The minimum absolute atomic E-state index is 0.0489. The van der Waals surface area contributed by atoms with Crippen LogP contribution in [0.25, 0.3) is 0 Å². The average molecular weight is 387 g/mol. The van der Waals surface area contributed by atoms with Crippen LogP contribution in [-0.4, -0.2) is 20.1 Å². The number of sulfonamides is 1. The van der Waals surface area contributed by atoms with Crippen molar-refractivity contribution in [2.45, 2.75) is 18.6 Å². The molecule has 0 bridgehead atoms. The van der Waals surface area contributed by atoms with E-state index in [2.05, 4.69) is 5.32 Å². The summed E-state index contributed by atoms with van der Waals surface area (Å²) >= 11 is 6.95. The van der Waals surface area contributed by atoms with E-state index in [-0.39, 0.29) is 30.3 Å². The molecule has 0 atom stereocenters. The van der Waals surface area contributed by atoms with Gasteiger partial charge >= 0.3 is 0 Å². The minimum atomic E-state index is -3.59. The number of primary sulfonamides is 1. The highest BCUT2D eigenvalue weighted by molar-refractivity contribution is 7.88. The first-order chi connectivity index (χ1) is 11.2. The minimum Gasteiger partial charge on any atom is -0.326 e. The van der Waals surface area contributed by atoms with Crippen molar-refractivity contribution in [2.75, 3.05) is 5.32 Å². The number of ketones is 1. The first-order valence-electron chi connectivity index (χ1n) is 6.91. The van der Waals surface area contributed by atoms with Crippen LogP contribution in [0.2, 0.25) is 4.34 Å². The second kappa shape index (κ2) is 7.89. The van der Waals surface area contributed by atoms with Crippen LogP contribution >= 0.6 is 22.9 Å². The number of benzene rings is 1. The van der Waals surface area contributed by atoms with E-state index in [1.54, 1.807) is 36.4 Å². The number of Topliss-reactive ketones (excluding diaryl/α,β-unsaturated/α-hetero) is 1. The summed E-state index contributed by atoms with van der Waals surface area (Å²) < 4.78 is 22.5. The number of carbonyl (C=O) groups excluding carboxylic acids is 2. The maximum Gasteiger partial charge on any atom is 0.224 e. The molecule has 0 radical (unpaired) electrons. The Bertz CT molecular complexity index is 845. The molecular weight excluding hydrogens is 372 g/mol. The van der Waals surface area contributed by atoms with E-state index in [1.165, 1.54) is 11.3 Å². The quantitative estimate of drug-likeness (QED) is 0.713. The molecule has 2 rings (SSSR count). The van der Waals surface area contributed by atoms with Gasteiger partial charge in [0.2, 0.25) is 15.9 Å². The van der Waals surface area contributed by atoms with Crippen LogP contribution in [0.5, 0.6) is 0 Å². The van der Waals surface area contributed by atoms with Gasteiger partial charge in [-0.05, 0) is 29.8 Å². The van der Waals surface area contributed by atoms with Crippen molar-refractivity contribution in [2.24, 2.45) is 5.14 Å². The van der Waals surface area contributed by atoms with Crippen LogP contribution in [-0.2, 0) is 20.6 Å². The monoisotopic (exact) mass is 386 g/mol. The summed E-state index contributed by atoms with van der Waals surface area (Å²) in [5.74, 6) is -0.699. The Morgan fingerprint density at radius 1 is 1.08 bits per heavy atom. The molecule has 0 aliphatic rings. The van der Waals surface area contributed by atoms with Gasteiger partial charge in [0.15, 0.2) is 5.78 Å². The molecule has 24 heavy (non-hydrogen) atoms. The summed E-state index contributed by atoms with van der Waals surface area (Å²) in [5, 5.41) is 7.62. The molecule has 0 saturated heterocycles. The molecule has 2 aromatic rings. The molecule has 0 aliphatic carbocycles. The standard InChI is InChI=1S/C15H15ClN2O4S2/c16-14-7-6-13(23-14)12(19)5-8-15(20)18-11-3-1-10(2-4-11)9-24(17,21)22/h1-4,6-7H,5,8-9H2,(H,18,20)(H2,17,21,22). The third-order valence-corrected chi connectivity index (χ3v) is 5.04. The van der Waals surface area contributed by atoms with E-state index in [0.29, 0.717) is 20.5 Å². The second-order valence-corrected chi connectivity index (χ2v) is 8.41. The van der Waals surface area contributed by atoms with Crippen molar-refractivity contribution in [3.8, 4) is 0 Å². The Hall–Kier alpha value is -1.74. The molecule has 1 amide bonds. The van der Waals surface area contributed by atoms with Crippen molar-refractivity contribution in [1.29, 1.82) is 0 Å². The fraction of sp³-hybridized carbons (Fsp3) is 0.200. The van der Waals surface area contributed by atoms with Gasteiger partial charge in [-0.15, -0.1) is 11.3 Å². The van der Waals surface area contributed by atoms with Gasteiger partial charge < -0.3 is 5.32 Å². The largest absolute Gasteiger partial charge is 0.326 e. The summed E-state index contributed by atoms with van der Waals surface area (Å²) in [6.45, 7) is 0. The number of nitrogens with one attached hydrogen (secondary N) is 1. The second-order valence-electron chi connectivity index (χ2n) is 5.08. The third-order valence-electron chi connectivity index (χ3n) is 3.03. The fourth-order valence-electron chi connectivity index (χ4n) is 1.95. The molecular formula is C15H15ClN2O4S2. The molecule has 0 fully saturated rings. The van der Waals surface area contributed by atoms with Crippen molar-refractivity contribution in [3.63, 3.8) is 0 Å². The molecule has 3 N–H and O–H groups in total. The number of hydrogen-bond acceptors (Lipinski definition) is 5. The number of halogens is 1. The van der Waals surface area contributed by atoms with E-state index in [4.69, 9.17) is 16.7 Å². The lowest BCUT2D eigenvalue weighted by Crippen LogP contribution is -2.15. The average Bonchev–Trinajstić information content (AvgIpc) is 2.92. The van der Waals surface area contributed by atoms with E-state index in [9.17, 15) is 18.0 Å². The number of amides is 1. The van der Waals surface area contributed by atoms with E-state index in [0.717, 1.165) is 0 Å². The van der Waals surface area contributed by atoms with Crippen LogP contribution in [0, 0.1) is 0 Å². The smallest absolute Gasteiger partial charge is 0.224 e. The van der Waals surface area contributed by atoms with Crippen molar-refractivity contribution >= 4 is 50.3 Å². The Labute approximate surface area is 148 Å². The van der Waals surface area contributed by atoms with Crippen molar-refractivity contribution in [1.82, 2.24) is 0 Å². The molecule has 1 aromatic carbocycles. The third kappa shape index (κ3) is 6.04. The zero-order valence-corrected chi connectivity index (χ0v) is 14.9. The first-order valence-corrected chi connectivity index (χ1v) is 9.82. The van der Waals surface area contributed by atoms with E-state index >= 15 is 0 Å². The van der Waals surface area contributed by atoms with Gasteiger partial charge in [-0.1, -0.05) is 23.7 Å². The number of thiophene rings is 1. The van der Waals surface area contributed by atoms with Crippen LogP contribution in [0.4, 0.5) is 5.69 Å². The van der Waals surface area contributed by atoms with Crippen LogP contribution in [0.15, 0.2) is 36.4 Å².